The van der Waals surface area contributed by atoms with Crippen LogP contribution in [0.2, 0.25) is 0 Å². The van der Waals surface area contributed by atoms with E-state index in [2.05, 4.69) is 6.07 Å². The maximum atomic E-state index is 12.2. The molecule has 1 aliphatic carbocycles. The lowest BCUT2D eigenvalue weighted by Gasteiger charge is -2.35. The van der Waals surface area contributed by atoms with Crippen molar-refractivity contribution in [2.75, 3.05) is 14.2 Å². The smallest absolute Gasteiger partial charge is 0.328 e. The zero-order valence-electron chi connectivity index (χ0n) is 13.0. The number of methoxy groups -OCH3 is 2. The molecule has 5 nitrogen and oxygen atoms in total. The largest absolute Gasteiger partial charge is 0.496 e. The van der Waals surface area contributed by atoms with E-state index in [4.69, 9.17) is 9.47 Å². The molecule has 2 unspecified atom stereocenters. The van der Waals surface area contributed by atoms with Gasteiger partial charge in [0.15, 0.2) is 0 Å². The molecule has 2 aliphatic rings. The van der Waals surface area contributed by atoms with Crippen LogP contribution in [-0.4, -0.2) is 43.1 Å². The van der Waals surface area contributed by atoms with E-state index in [-0.39, 0.29) is 17.9 Å². The minimum Gasteiger partial charge on any atom is -0.496 e. The summed E-state index contributed by atoms with van der Waals surface area (Å²) >= 11 is 0. The van der Waals surface area contributed by atoms with Crippen molar-refractivity contribution in [1.29, 1.82) is 0 Å². The maximum Gasteiger partial charge on any atom is 0.328 e. The summed E-state index contributed by atoms with van der Waals surface area (Å²) in [5, 5.41) is 0. The van der Waals surface area contributed by atoms with E-state index in [0.29, 0.717) is 12.8 Å². The predicted molar refractivity (Wildman–Crippen MR) is 80.7 cm³/mol. The highest BCUT2D eigenvalue weighted by Crippen LogP contribution is 2.34. The lowest BCUT2D eigenvalue weighted by atomic mass is 9.86. The lowest BCUT2D eigenvalue weighted by Crippen LogP contribution is -2.48. The number of hydrogen-bond acceptors (Lipinski definition) is 4. The fourth-order valence-corrected chi connectivity index (χ4v) is 3.71. The third-order valence-corrected chi connectivity index (χ3v) is 4.76. The van der Waals surface area contributed by atoms with Gasteiger partial charge in [-0.3, -0.25) is 4.79 Å². The highest BCUT2D eigenvalue weighted by atomic mass is 16.5. The van der Waals surface area contributed by atoms with Gasteiger partial charge in [0.2, 0.25) is 5.91 Å². The molecule has 118 valence electrons. The number of carbonyl (C=O) groups excluding carboxylic acids is 2. The summed E-state index contributed by atoms with van der Waals surface area (Å²) in [4.78, 5) is 25.9. The van der Waals surface area contributed by atoms with Crippen molar-refractivity contribution < 1.29 is 19.1 Å². The molecular weight excluding hydrogens is 282 g/mol. The number of likely N-dealkylation sites (tertiary alicyclic amines) is 1. The number of nitrogens with zero attached hydrogens (tertiary/aromatic N) is 1. The first kappa shape index (κ1) is 14.9. The van der Waals surface area contributed by atoms with E-state index < -0.39 is 6.04 Å². The van der Waals surface area contributed by atoms with Gasteiger partial charge in [-0.25, -0.2) is 4.79 Å². The summed E-state index contributed by atoms with van der Waals surface area (Å²) in [6, 6.07) is 5.67. The number of ether oxygens (including phenoxy) is 2. The number of hydrogen-bond donors (Lipinski definition) is 0. The Morgan fingerprint density at radius 3 is 2.77 bits per heavy atom. The van der Waals surface area contributed by atoms with Gasteiger partial charge < -0.3 is 14.4 Å². The van der Waals surface area contributed by atoms with E-state index in [9.17, 15) is 9.59 Å². The zero-order valence-corrected chi connectivity index (χ0v) is 13.0. The summed E-state index contributed by atoms with van der Waals surface area (Å²) in [5.41, 5.74) is 2.43. The molecule has 0 radical (unpaired) electrons. The number of rotatable bonds is 3. The van der Waals surface area contributed by atoms with Crippen molar-refractivity contribution in [3.63, 3.8) is 0 Å². The molecule has 0 aromatic heterocycles. The first-order valence-electron chi connectivity index (χ1n) is 7.69. The second kappa shape index (κ2) is 5.99. The van der Waals surface area contributed by atoms with Crippen LogP contribution in [0.25, 0.3) is 0 Å². The van der Waals surface area contributed by atoms with Crippen LogP contribution in [0.3, 0.4) is 0 Å². The fourth-order valence-electron chi connectivity index (χ4n) is 3.71. The standard InChI is InChI=1S/C17H21NO4/c1-21-15-5-3-4-11-10-12(6-7-13(11)15)18-14(17(20)22-2)8-9-16(18)19/h3-5,12,14H,6-10H2,1-2H3. The van der Waals surface area contributed by atoms with Crippen LogP contribution >= 0.6 is 0 Å². The molecule has 1 heterocycles. The second-order valence-corrected chi connectivity index (χ2v) is 5.87. The Bertz CT molecular complexity index is 598. The summed E-state index contributed by atoms with van der Waals surface area (Å²) in [6.07, 6.45) is 3.48. The molecule has 1 saturated heterocycles. The van der Waals surface area contributed by atoms with E-state index >= 15 is 0 Å². The molecule has 1 amide bonds. The maximum absolute atomic E-state index is 12.2. The molecule has 3 rings (SSSR count). The molecule has 0 spiro atoms. The Labute approximate surface area is 130 Å². The summed E-state index contributed by atoms with van der Waals surface area (Å²) < 4.78 is 10.3. The second-order valence-electron chi connectivity index (χ2n) is 5.87. The van der Waals surface area contributed by atoms with Gasteiger partial charge in [-0.05, 0) is 42.9 Å². The summed E-state index contributed by atoms with van der Waals surface area (Å²) in [7, 11) is 3.06. The molecule has 1 aromatic carbocycles. The Morgan fingerprint density at radius 2 is 2.05 bits per heavy atom. The number of amides is 1. The van der Waals surface area contributed by atoms with Gasteiger partial charge in [-0.15, -0.1) is 0 Å². The number of benzene rings is 1. The number of carbonyl (C=O) groups is 2. The zero-order chi connectivity index (χ0) is 15.7. The molecule has 1 aliphatic heterocycles. The Balaban J connectivity index is 1.84. The summed E-state index contributed by atoms with van der Waals surface area (Å²) in [5.74, 6) is 0.669. The van der Waals surface area contributed by atoms with Gasteiger partial charge in [0.05, 0.1) is 14.2 Å². The highest BCUT2D eigenvalue weighted by Gasteiger charge is 2.41. The Kier molecular flexibility index (Phi) is 4.05. The highest BCUT2D eigenvalue weighted by molar-refractivity contribution is 5.88. The molecule has 2 atom stereocenters. The molecule has 0 saturated carbocycles. The van der Waals surface area contributed by atoms with Crippen molar-refractivity contribution in [2.45, 2.75) is 44.2 Å². The Hall–Kier alpha value is -2.04. The molecule has 0 bridgehead atoms. The molecule has 5 heteroatoms. The van der Waals surface area contributed by atoms with Gasteiger partial charge in [0.25, 0.3) is 0 Å². The van der Waals surface area contributed by atoms with Crippen molar-refractivity contribution in [3.8, 4) is 5.75 Å². The molecular formula is C17H21NO4. The summed E-state index contributed by atoms with van der Waals surface area (Å²) in [6.45, 7) is 0. The first-order chi connectivity index (χ1) is 10.7. The van der Waals surface area contributed by atoms with Crippen LogP contribution in [0, 0.1) is 0 Å². The molecule has 1 aromatic rings. The van der Waals surface area contributed by atoms with Gasteiger partial charge in [-0.2, -0.15) is 0 Å². The van der Waals surface area contributed by atoms with Gasteiger partial charge in [-0.1, -0.05) is 12.1 Å². The minimum atomic E-state index is -0.422. The van der Waals surface area contributed by atoms with E-state index in [1.807, 2.05) is 12.1 Å². The van der Waals surface area contributed by atoms with Crippen molar-refractivity contribution in [2.24, 2.45) is 0 Å². The van der Waals surface area contributed by atoms with Crippen LogP contribution in [0.5, 0.6) is 5.75 Å². The van der Waals surface area contributed by atoms with Crippen LogP contribution in [-0.2, 0) is 27.2 Å². The monoisotopic (exact) mass is 303 g/mol. The van der Waals surface area contributed by atoms with Gasteiger partial charge in [0.1, 0.15) is 11.8 Å². The normalized spacial score (nSPS) is 24.1. The Morgan fingerprint density at radius 1 is 1.23 bits per heavy atom. The van der Waals surface area contributed by atoms with Crippen molar-refractivity contribution >= 4 is 11.9 Å². The number of fused-ring (bicyclic) bond motifs is 1. The quantitative estimate of drug-likeness (QED) is 0.798. The van der Waals surface area contributed by atoms with Gasteiger partial charge >= 0.3 is 5.97 Å². The van der Waals surface area contributed by atoms with Crippen LogP contribution < -0.4 is 4.74 Å². The van der Waals surface area contributed by atoms with Crippen molar-refractivity contribution in [1.82, 2.24) is 4.90 Å². The predicted octanol–water partition coefficient (Wildman–Crippen LogP) is 1.72. The van der Waals surface area contributed by atoms with E-state index in [0.717, 1.165) is 25.0 Å². The minimum absolute atomic E-state index is 0.0618. The molecule has 1 fully saturated rings. The van der Waals surface area contributed by atoms with E-state index in [1.165, 1.54) is 18.2 Å². The van der Waals surface area contributed by atoms with Gasteiger partial charge in [0, 0.05) is 12.5 Å². The third kappa shape index (κ3) is 2.45. The topological polar surface area (TPSA) is 55.8 Å². The third-order valence-electron chi connectivity index (χ3n) is 4.76. The first-order valence-corrected chi connectivity index (χ1v) is 7.69. The number of esters is 1. The van der Waals surface area contributed by atoms with Crippen LogP contribution in [0.4, 0.5) is 0 Å². The van der Waals surface area contributed by atoms with E-state index in [1.54, 1.807) is 12.0 Å². The average Bonchev–Trinajstić information content (AvgIpc) is 2.94. The van der Waals surface area contributed by atoms with Crippen LogP contribution in [0.15, 0.2) is 18.2 Å². The lowest BCUT2D eigenvalue weighted by molar-refractivity contribution is -0.151. The fraction of sp³-hybridized carbons (Fsp3) is 0.529. The molecule has 22 heavy (non-hydrogen) atoms. The van der Waals surface area contributed by atoms with Crippen molar-refractivity contribution in [3.05, 3.63) is 29.3 Å². The SMILES string of the molecule is COC(=O)C1CCC(=O)N1C1CCc2c(cccc2OC)C1. The molecule has 0 N–H and O–H groups in total. The van der Waals surface area contributed by atoms with Crippen LogP contribution in [0.1, 0.15) is 30.4 Å². The average molecular weight is 303 g/mol.